The zero-order valence-corrected chi connectivity index (χ0v) is 8.68. The van der Waals surface area contributed by atoms with Crippen molar-refractivity contribution in [3.8, 4) is 0 Å². The van der Waals surface area contributed by atoms with E-state index in [4.69, 9.17) is 0 Å². The molecule has 0 N–H and O–H groups in total. The van der Waals surface area contributed by atoms with Crippen LogP contribution in [0.4, 0.5) is 0 Å². The lowest BCUT2D eigenvalue weighted by Crippen LogP contribution is -2.35. The van der Waals surface area contributed by atoms with Crippen LogP contribution in [0.3, 0.4) is 0 Å². The molecule has 0 aromatic carbocycles. The Hall–Kier alpha value is -0.0400. The molecule has 1 heterocycles. The number of unbranched alkanes of at least 4 members (excludes halogenated alkanes) is 1. The summed E-state index contributed by atoms with van der Waals surface area (Å²) in [5.74, 6) is 1.01. The van der Waals surface area contributed by atoms with Gasteiger partial charge < -0.3 is 4.90 Å². The average Bonchev–Trinajstić information content (AvgIpc) is 2.15. The van der Waals surface area contributed by atoms with Crippen molar-refractivity contribution < 1.29 is 0 Å². The van der Waals surface area contributed by atoms with Crippen LogP contribution in [0.1, 0.15) is 46.0 Å². The van der Waals surface area contributed by atoms with Gasteiger partial charge in [0.15, 0.2) is 0 Å². The fraction of sp³-hybridized carbons (Fsp3) is 1.00. The Morgan fingerprint density at radius 3 is 2.83 bits per heavy atom. The van der Waals surface area contributed by atoms with Crippen molar-refractivity contribution in [2.24, 2.45) is 5.92 Å². The molecule has 0 radical (unpaired) electrons. The quantitative estimate of drug-likeness (QED) is 0.625. The molecule has 72 valence electrons. The molecule has 1 unspecified atom stereocenters. The maximum atomic E-state index is 2.60. The van der Waals surface area contributed by atoms with Gasteiger partial charge in [0.2, 0.25) is 0 Å². The van der Waals surface area contributed by atoms with Crippen molar-refractivity contribution in [3.05, 3.63) is 0 Å². The van der Waals surface area contributed by atoms with E-state index in [9.17, 15) is 0 Å². The SMILES string of the molecule is CCCCC1CCCN(CC)C1. The van der Waals surface area contributed by atoms with Gasteiger partial charge in [0.1, 0.15) is 0 Å². The van der Waals surface area contributed by atoms with Gasteiger partial charge in [-0.2, -0.15) is 0 Å². The van der Waals surface area contributed by atoms with Gasteiger partial charge >= 0.3 is 0 Å². The molecular formula is C11H23N. The summed E-state index contributed by atoms with van der Waals surface area (Å²) in [5.41, 5.74) is 0. The predicted octanol–water partition coefficient (Wildman–Crippen LogP) is 2.91. The van der Waals surface area contributed by atoms with E-state index >= 15 is 0 Å². The molecule has 1 saturated heterocycles. The maximum Gasteiger partial charge on any atom is 0.000955 e. The number of hydrogen-bond acceptors (Lipinski definition) is 1. The Morgan fingerprint density at radius 1 is 1.33 bits per heavy atom. The van der Waals surface area contributed by atoms with E-state index in [1.54, 1.807) is 0 Å². The number of rotatable bonds is 4. The molecule has 0 bridgehead atoms. The van der Waals surface area contributed by atoms with Crippen molar-refractivity contribution in [3.63, 3.8) is 0 Å². The van der Waals surface area contributed by atoms with Gasteiger partial charge in [0.25, 0.3) is 0 Å². The minimum absolute atomic E-state index is 1.01. The molecular weight excluding hydrogens is 146 g/mol. The summed E-state index contributed by atoms with van der Waals surface area (Å²) in [4.78, 5) is 2.60. The van der Waals surface area contributed by atoms with Crippen molar-refractivity contribution in [1.82, 2.24) is 4.90 Å². The van der Waals surface area contributed by atoms with Gasteiger partial charge in [-0.25, -0.2) is 0 Å². The number of nitrogens with zero attached hydrogens (tertiary/aromatic N) is 1. The smallest absolute Gasteiger partial charge is 0.000955 e. The Labute approximate surface area is 77.1 Å². The van der Waals surface area contributed by atoms with Crippen LogP contribution in [0.15, 0.2) is 0 Å². The van der Waals surface area contributed by atoms with Crippen LogP contribution in [0, 0.1) is 5.92 Å². The van der Waals surface area contributed by atoms with E-state index in [1.807, 2.05) is 0 Å². The molecule has 1 rings (SSSR count). The van der Waals surface area contributed by atoms with Crippen LogP contribution >= 0.6 is 0 Å². The highest BCUT2D eigenvalue weighted by Gasteiger charge is 2.17. The van der Waals surface area contributed by atoms with Gasteiger partial charge in [-0.3, -0.25) is 0 Å². The van der Waals surface area contributed by atoms with Crippen LogP contribution in [0.5, 0.6) is 0 Å². The zero-order valence-electron chi connectivity index (χ0n) is 8.68. The maximum absolute atomic E-state index is 2.60. The van der Waals surface area contributed by atoms with E-state index in [2.05, 4.69) is 18.7 Å². The summed E-state index contributed by atoms with van der Waals surface area (Å²) >= 11 is 0. The van der Waals surface area contributed by atoms with Gasteiger partial charge in [-0.1, -0.05) is 26.7 Å². The summed E-state index contributed by atoms with van der Waals surface area (Å²) in [6, 6.07) is 0. The van der Waals surface area contributed by atoms with E-state index in [-0.39, 0.29) is 0 Å². The van der Waals surface area contributed by atoms with E-state index in [0.717, 1.165) is 5.92 Å². The third kappa shape index (κ3) is 3.14. The second-order valence-electron chi connectivity index (χ2n) is 4.04. The molecule has 1 fully saturated rings. The van der Waals surface area contributed by atoms with Gasteiger partial charge in [-0.05, 0) is 38.3 Å². The fourth-order valence-electron chi connectivity index (χ4n) is 2.17. The number of piperidine rings is 1. The monoisotopic (exact) mass is 169 g/mol. The fourth-order valence-corrected chi connectivity index (χ4v) is 2.17. The molecule has 1 nitrogen and oxygen atoms in total. The summed E-state index contributed by atoms with van der Waals surface area (Å²) < 4.78 is 0. The minimum Gasteiger partial charge on any atom is -0.303 e. The third-order valence-corrected chi connectivity index (χ3v) is 3.02. The molecule has 0 amide bonds. The normalized spacial score (nSPS) is 26.0. The topological polar surface area (TPSA) is 3.24 Å². The zero-order chi connectivity index (χ0) is 8.81. The molecule has 1 atom stereocenters. The molecule has 0 saturated carbocycles. The lowest BCUT2D eigenvalue weighted by atomic mass is 9.93. The molecule has 0 spiro atoms. The van der Waals surface area contributed by atoms with Crippen molar-refractivity contribution >= 4 is 0 Å². The lowest BCUT2D eigenvalue weighted by molar-refractivity contribution is 0.174. The van der Waals surface area contributed by atoms with E-state index in [0.29, 0.717) is 0 Å². The standard InChI is InChI=1S/C11H23N/c1-3-5-7-11-8-6-9-12(4-2)10-11/h11H,3-10H2,1-2H3. The van der Waals surface area contributed by atoms with E-state index < -0.39 is 0 Å². The Balaban J connectivity index is 2.16. The minimum atomic E-state index is 1.01. The Morgan fingerprint density at radius 2 is 2.17 bits per heavy atom. The van der Waals surface area contributed by atoms with Crippen molar-refractivity contribution in [2.45, 2.75) is 46.0 Å². The number of likely N-dealkylation sites (tertiary alicyclic amines) is 1. The first-order chi connectivity index (χ1) is 5.86. The Bertz CT molecular complexity index is 112. The molecule has 0 aliphatic carbocycles. The van der Waals surface area contributed by atoms with Crippen LogP contribution in [0.2, 0.25) is 0 Å². The largest absolute Gasteiger partial charge is 0.303 e. The summed E-state index contributed by atoms with van der Waals surface area (Å²) in [6.07, 6.45) is 7.18. The van der Waals surface area contributed by atoms with Crippen LogP contribution in [0.25, 0.3) is 0 Å². The first-order valence-electron chi connectivity index (χ1n) is 5.59. The molecule has 12 heavy (non-hydrogen) atoms. The summed E-state index contributed by atoms with van der Waals surface area (Å²) in [7, 11) is 0. The second-order valence-corrected chi connectivity index (χ2v) is 4.04. The van der Waals surface area contributed by atoms with Crippen molar-refractivity contribution in [2.75, 3.05) is 19.6 Å². The average molecular weight is 169 g/mol. The molecule has 1 aliphatic heterocycles. The van der Waals surface area contributed by atoms with Gasteiger partial charge in [0, 0.05) is 6.54 Å². The number of hydrogen-bond donors (Lipinski definition) is 0. The summed E-state index contributed by atoms with van der Waals surface area (Å²) in [6.45, 7) is 8.54. The molecule has 1 heteroatoms. The first-order valence-corrected chi connectivity index (χ1v) is 5.59. The predicted molar refractivity (Wildman–Crippen MR) is 54.4 cm³/mol. The third-order valence-electron chi connectivity index (χ3n) is 3.02. The molecule has 1 aliphatic rings. The van der Waals surface area contributed by atoms with Crippen molar-refractivity contribution in [1.29, 1.82) is 0 Å². The van der Waals surface area contributed by atoms with Crippen LogP contribution in [-0.4, -0.2) is 24.5 Å². The highest BCUT2D eigenvalue weighted by atomic mass is 15.1. The lowest BCUT2D eigenvalue weighted by Gasteiger charge is -2.31. The van der Waals surface area contributed by atoms with Gasteiger partial charge in [0.05, 0.1) is 0 Å². The highest BCUT2D eigenvalue weighted by Crippen LogP contribution is 2.20. The highest BCUT2D eigenvalue weighted by molar-refractivity contribution is 4.71. The van der Waals surface area contributed by atoms with Crippen LogP contribution in [-0.2, 0) is 0 Å². The molecule has 0 aromatic rings. The Kier molecular flexibility index (Phi) is 4.67. The van der Waals surface area contributed by atoms with E-state index in [1.165, 1.54) is 51.7 Å². The summed E-state index contributed by atoms with van der Waals surface area (Å²) in [5, 5.41) is 0. The first kappa shape index (κ1) is 10.0. The van der Waals surface area contributed by atoms with Crippen LogP contribution < -0.4 is 0 Å². The second kappa shape index (κ2) is 5.58. The molecule has 0 aromatic heterocycles. The van der Waals surface area contributed by atoms with Gasteiger partial charge in [-0.15, -0.1) is 0 Å².